The summed E-state index contributed by atoms with van der Waals surface area (Å²) in [6.07, 6.45) is 1.42. The molecule has 7 heteroatoms. The summed E-state index contributed by atoms with van der Waals surface area (Å²) in [7, 11) is -3.74. The van der Waals surface area contributed by atoms with Gasteiger partial charge in [-0.05, 0) is 50.5 Å². The summed E-state index contributed by atoms with van der Waals surface area (Å²) in [5, 5.41) is 11.5. The number of aromatic carboxylic acids is 1. The van der Waals surface area contributed by atoms with Crippen molar-refractivity contribution in [2.75, 3.05) is 0 Å². The van der Waals surface area contributed by atoms with Crippen molar-refractivity contribution in [3.8, 4) is 0 Å². The van der Waals surface area contributed by atoms with Crippen LogP contribution in [0.1, 0.15) is 35.0 Å². The highest BCUT2D eigenvalue weighted by Gasteiger charge is 2.20. The molecule has 0 fully saturated rings. The Morgan fingerprint density at radius 1 is 1.19 bits per heavy atom. The second kappa shape index (κ2) is 7.54. The van der Waals surface area contributed by atoms with Crippen LogP contribution in [0.4, 0.5) is 0 Å². The Labute approximate surface area is 157 Å². The van der Waals surface area contributed by atoms with Crippen LogP contribution in [0.5, 0.6) is 0 Å². The van der Waals surface area contributed by atoms with E-state index in [4.69, 9.17) is 4.42 Å². The first-order valence-corrected chi connectivity index (χ1v) is 10.1. The number of aryl methyl sites for hydroxylation is 2. The molecular weight excluding hydrogens is 366 g/mol. The van der Waals surface area contributed by atoms with Crippen LogP contribution in [-0.4, -0.2) is 20.4 Å². The highest BCUT2D eigenvalue weighted by Crippen LogP contribution is 2.27. The number of carbonyl (C=O) groups excluding carboxylic acids is 1. The largest absolute Gasteiger partial charge is 0.542 e. The molecule has 27 heavy (non-hydrogen) atoms. The molecule has 0 aliphatic heterocycles. The van der Waals surface area contributed by atoms with Gasteiger partial charge in [0.25, 0.3) is 0 Å². The van der Waals surface area contributed by atoms with E-state index in [-0.39, 0.29) is 16.7 Å². The number of rotatable bonds is 7. The number of furan rings is 1. The fourth-order valence-corrected chi connectivity index (χ4v) is 4.29. The lowest BCUT2D eigenvalue weighted by Crippen LogP contribution is -2.32. The monoisotopic (exact) mass is 386 g/mol. The van der Waals surface area contributed by atoms with Gasteiger partial charge in [0.15, 0.2) is 5.76 Å². The van der Waals surface area contributed by atoms with E-state index >= 15 is 0 Å². The van der Waals surface area contributed by atoms with Gasteiger partial charge in [0, 0.05) is 17.0 Å². The molecule has 1 unspecified atom stereocenters. The zero-order chi connectivity index (χ0) is 19.6. The third kappa shape index (κ3) is 4.20. The van der Waals surface area contributed by atoms with Crippen molar-refractivity contribution in [3.63, 3.8) is 0 Å². The van der Waals surface area contributed by atoms with Crippen LogP contribution < -0.4 is 9.83 Å². The molecule has 0 spiro atoms. The SMILES string of the molecule is Cc1c(C(=O)[O-])oc2ccc(S(=O)(=O)NC(C)CCc3ccccc3)cc12. The minimum absolute atomic E-state index is 0.0651. The van der Waals surface area contributed by atoms with E-state index in [1.54, 1.807) is 6.92 Å². The smallest absolute Gasteiger partial charge is 0.240 e. The van der Waals surface area contributed by atoms with Crippen LogP contribution in [0.25, 0.3) is 11.0 Å². The molecule has 0 aliphatic rings. The van der Waals surface area contributed by atoms with Gasteiger partial charge in [0.1, 0.15) is 11.6 Å². The molecule has 6 nitrogen and oxygen atoms in total. The average molecular weight is 386 g/mol. The van der Waals surface area contributed by atoms with Crippen LogP contribution in [0, 0.1) is 6.92 Å². The molecule has 142 valence electrons. The van der Waals surface area contributed by atoms with Crippen molar-refractivity contribution < 1.29 is 22.7 Å². The molecular formula is C20H20NO5S-. The van der Waals surface area contributed by atoms with Crippen molar-refractivity contribution in [2.45, 2.75) is 37.6 Å². The minimum Gasteiger partial charge on any atom is -0.542 e. The summed E-state index contributed by atoms with van der Waals surface area (Å²) >= 11 is 0. The highest BCUT2D eigenvalue weighted by atomic mass is 32.2. The van der Waals surface area contributed by atoms with Crippen LogP contribution in [-0.2, 0) is 16.4 Å². The number of hydrogen-bond donors (Lipinski definition) is 1. The molecule has 0 bridgehead atoms. The molecule has 3 rings (SSSR count). The second-order valence-electron chi connectivity index (χ2n) is 6.55. The van der Waals surface area contributed by atoms with Crippen molar-refractivity contribution in [1.82, 2.24) is 4.72 Å². The number of carbonyl (C=O) groups is 1. The number of benzene rings is 2. The Hall–Kier alpha value is -2.64. The zero-order valence-electron chi connectivity index (χ0n) is 15.1. The van der Waals surface area contributed by atoms with Crippen molar-refractivity contribution >= 4 is 27.0 Å². The zero-order valence-corrected chi connectivity index (χ0v) is 15.9. The summed E-state index contributed by atoms with van der Waals surface area (Å²) in [4.78, 5) is 11.1. The summed E-state index contributed by atoms with van der Waals surface area (Å²) in [6.45, 7) is 3.37. The summed E-state index contributed by atoms with van der Waals surface area (Å²) in [5.41, 5.74) is 1.80. The molecule has 0 radical (unpaired) electrons. The maximum absolute atomic E-state index is 12.7. The minimum atomic E-state index is -3.74. The Morgan fingerprint density at radius 3 is 2.56 bits per heavy atom. The Kier molecular flexibility index (Phi) is 5.34. The van der Waals surface area contributed by atoms with E-state index in [0.717, 1.165) is 12.0 Å². The van der Waals surface area contributed by atoms with Crippen molar-refractivity contribution in [2.24, 2.45) is 0 Å². The van der Waals surface area contributed by atoms with E-state index in [1.807, 2.05) is 37.3 Å². The van der Waals surface area contributed by atoms with Crippen LogP contribution in [0.15, 0.2) is 57.8 Å². The van der Waals surface area contributed by atoms with E-state index < -0.39 is 16.0 Å². The number of fused-ring (bicyclic) bond motifs is 1. The van der Waals surface area contributed by atoms with E-state index in [2.05, 4.69) is 4.72 Å². The van der Waals surface area contributed by atoms with E-state index in [9.17, 15) is 18.3 Å². The molecule has 0 saturated heterocycles. The predicted octanol–water partition coefficient (Wildman–Crippen LogP) is 2.40. The van der Waals surface area contributed by atoms with E-state index in [1.165, 1.54) is 18.2 Å². The summed E-state index contributed by atoms with van der Waals surface area (Å²) in [6, 6.07) is 13.9. The number of carboxylic acid groups (broad SMARTS) is 1. The molecule has 1 atom stereocenters. The average Bonchev–Trinajstić information content (AvgIpc) is 2.97. The predicted molar refractivity (Wildman–Crippen MR) is 99.8 cm³/mol. The van der Waals surface area contributed by atoms with E-state index in [0.29, 0.717) is 23.0 Å². The maximum atomic E-state index is 12.7. The summed E-state index contributed by atoms with van der Waals surface area (Å²) < 4.78 is 33.2. The maximum Gasteiger partial charge on any atom is 0.240 e. The quantitative estimate of drug-likeness (QED) is 0.672. The Morgan fingerprint density at radius 2 is 1.89 bits per heavy atom. The van der Waals surface area contributed by atoms with Crippen LogP contribution in [0.2, 0.25) is 0 Å². The normalized spacial score (nSPS) is 13.0. The van der Waals surface area contributed by atoms with Gasteiger partial charge in [-0.2, -0.15) is 0 Å². The number of carboxylic acids is 1. The summed E-state index contributed by atoms with van der Waals surface area (Å²) in [5.74, 6) is -1.72. The standard InChI is InChI=1S/C20H21NO5S/c1-13(8-9-15-6-4-3-5-7-15)21-27(24,25)16-10-11-18-17(12-16)14(2)19(26-18)20(22)23/h3-7,10-13,21H,8-9H2,1-2H3,(H,22,23)/p-1. The molecule has 0 saturated carbocycles. The number of sulfonamides is 1. The van der Waals surface area contributed by atoms with Gasteiger partial charge in [0.2, 0.25) is 10.0 Å². The van der Waals surface area contributed by atoms with Gasteiger partial charge in [-0.25, -0.2) is 13.1 Å². The molecule has 0 aliphatic carbocycles. The highest BCUT2D eigenvalue weighted by molar-refractivity contribution is 7.89. The molecule has 0 amide bonds. The van der Waals surface area contributed by atoms with Crippen molar-refractivity contribution in [1.29, 1.82) is 0 Å². The fraction of sp³-hybridized carbons (Fsp3) is 0.250. The molecule has 1 heterocycles. The lowest BCUT2D eigenvalue weighted by atomic mass is 10.1. The molecule has 1 N–H and O–H groups in total. The van der Waals surface area contributed by atoms with Gasteiger partial charge in [0.05, 0.1) is 4.90 Å². The second-order valence-corrected chi connectivity index (χ2v) is 8.26. The third-order valence-corrected chi connectivity index (χ3v) is 6.06. The molecule has 1 aromatic heterocycles. The van der Waals surface area contributed by atoms with Gasteiger partial charge in [-0.1, -0.05) is 30.3 Å². The third-order valence-electron chi connectivity index (χ3n) is 4.47. The van der Waals surface area contributed by atoms with Gasteiger partial charge >= 0.3 is 0 Å². The van der Waals surface area contributed by atoms with Gasteiger partial charge < -0.3 is 14.3 Å². The number of hydrogen-bond acceptors (Lipinski definition) is 5. The topological polar surface area (TPSA) is 99.4 Å². The molecule has 2 aromatic carbocycles. The Bertz CT molecular complexity index is 1070. The fourth-order valence-electron chi connectivity index (χ4n) is 2.98. The van der Waals surface area contributed by atoms with Gasteiger partial charge in [-0.3, -0.25) is 0 Å². The molecule has 3 aromatic rings. The van der Waals surface area contributed by atoms with Crippen LogP contribution >= 0.6 is 0 Å². The number of nitrogens with one attached hydrogen (secondary N) is 1. The van der Waals surface area contributed by atoms with Gasteiger partial charge in [-0.15, -0.1) is 0 Å². The van der Waals surface area contributed by atoms with Crippen LogP contribution in [0.3, 0.4) is 0 Å². The lowest BCUT2D eigenvalue weighted by molar-refractivity contribution is -0.257. The Balaban J connectivity index is 1.77. The first kappa shape index (κ1) is 19.1. The lowest BCUT2D eigenvalue weighted by Gasteiger charge is -2.14. The first-order chi connectivity index (χ1) is 12.8. The first-order valence-electron chi connectivity index (χ1n) is 8.58. The van der Waals surface area contributed by atoms with Crippen molar-refractivity contribution in [3.05, 3.63) is 65.4 Å².